The van der Waals surface area contributed by atoms with Crippen LogP contribution in [0.4, 0.5) is 4.79 Å². The maximum atomic E-state index is 11.3. The number of hydrogen-bond acceptors (Lipinski definition) is 3. The molecule has 0 radical (unpaired) electrons. The Balaban J connectivity index is 3.67. The minimum Gasteiger partial charge on any atom is -0.444 e. The van der Waals surface area contributed by atoms with Crippen LogP contribution >= 0.6 is 0 Å². The van der Waals surface area contributed by atoms with Gasteiger partial charge < -0.3 is 15.4 Å². The summed E-state index contributed by atoms with van der Waals surface area (Å²) >= 11 is 0. The molecule has 112 valence electrons. The van der Waals surface area contributed by atoms with Crippen molar-refractivity contribution < 1.29 is 9.53 Å². The highest BCUT2D eigenvalue weighted by Gasteiger charge is 2.14. The van der Waals surface area contributed by atoms with Crippen LogP contribution in [0, 0.1) is 5.92 Å². The van der Waals surface area contributed by atoms with Crippen molar-refractivity contribution >= 4 is 6.09 Å². The lowest BCUT2D eigenvalue weighted by molar-refractivity contribution is 0.0534. The summed E-state index contributed by atoms with van der Waals surface area (Å²) in [4.78, 5) is 11.3. The first-order chi connectivity index (χ1) is 8.76. The van der Waals surface area contributed by atoms with Crippen LogP contribution in [0.25, 0.3) is 0 Å². The van der Waals surface area contributed by atoms with E-state index in [1.807, 2.05) is 32.9 Å². The van der Waals surface area contributed by atoms with Gasteiger partial charge in [0.15, 0.2) is 0 Å². The predicted octanol–water partition coefficient (Wildman–Crippen LogP) is 3.09. The number of carbonyl (C=O) groups excluding carboxylic acids is 1. The number of rotatable bonds is 7. The van der Waals surface area contributed by atoms with Gasteiger partial charge in [0.1, 0.15) is 5.60 Å². The quantitative estimate of drug-likeness (QED) is 0.699. The van der Waals surface area contributed by atoms with E-state index in [2.05, 4.69) is 31.4 Å². The average Bonchev–Trinajstić information content (AvgIpc) is 2.29. The normalized spacial score (nSPS) is 15.3. The summed E-state index contributed by atoms with van der Waals surface area (Å²) in [5, 5.41) is 6.11. The molecule has 0 aromatic heterocycles. The molecule has 4 nitrogen and oxygen atoms in total. The van der Waals surface area contributed by atoms with E-state index in [0.29, 0.717) is 18.5 Å². The Morgan fingerprint density at radius 3 is 2.32 bits per heavy atom. The van der Waals surface area contributed by atoms with Crippen molar-refractivity contribution in [1.82, 2.24) is 10.6 Å². The molecule has 19 heavy (non-hydrogen) atoms. The molecule has 2 unspecified atom stereocenters. The lowest BCUT2D eigenvalue weighted by atomic mass is 10.0. The van der Waals surface area contributed by atoms with Gasteiger partial charge in [-0.2, -0.15) is 0 Å². The number of amides is 1. The molecule has 0 aliphatic rings. The highest BCUT2D eigenvalue weighted by Crippen LogP contribution is 2.06. The van der Waals surface area contributed by atoms with Crippen LogP contribution in [0.2, 0.25) is 0 Å². The van der Waals surface area contributed by atoms with Gasteiger partial charge in [0.25, 0.3) is 0 Å². The topological polar surface area (TPSA) is 50.4 Å². The third-order valence-corrected chi connectivity index (χ3v) is 2.98. The van der Waals surface area contributed by atoms with Crippen molar-refractivity contribution in [1.29, 1.82) is 0 Å². The van der Waals surface area contributed by atoms with Gasteiger partial charge >= 0.3 is 6.09 Å². The zero-order chi connectivity index (χ0) is 14.9. The van der Waals surface area contributed by atoms with Gasteiger partial charge in [-0.3, -0.25) is 0 Å². The fraction of sp³-hybridized carbons (Fsp3) is 0.800. The first kappa shape index (κ1) is 18.0. The lowest BCUT2D eigenvalue weighted by Gasteiger charge is -2.19. The molecule has 0 aromatic rings. The van der Waals surface area contributed by atoms with Gasteiger partial charge in [0, 0.05) is 19.1 Å². The summed E-state index contributed by atoms with van der Waals surface area (Å²) < 4.78 is 5.13. The predicted molar refractivity (Wildman–Crippen MR) is 80.3 cm³/mol. The second-order valence-electron chi connectivity index (χ2n) is 5.94. The number of nitrogens with one attached hydrogen (secondary N) is 2. The SMILES string of the molecule is CCC(C)C(C)NC/C=C/CNC(=O)OC(C)(C)C. The summed E-state index contributed by atoms with van der Waals surface area (Å²) in [7, 11) is 0. The van der Waals surface area contributed by atoms with E-state index < -0.39 is 5.60 Å². The number of ether oxygens (including phenoxy) is 1. The second-order valence-corrected chi connectivity index (χ2v) is 5.94. The van der Waals surface area contributed by atoms with Crippen LogP contribution in [-0.2, 0) is 4.74 Å². The van der Waals surface area contributed by atoms with E-state index in [1.54, 1.807) is 0 Å². The standard InChI is InChI=1S/C15H30N2O2/c1-7-12(2)13(3)16-10-8-9-11-17-14(18)19-15(4,5)6/h8-9,12-13,16H,7,10-11H2,1-6H3,(H,17,18)/b9-8+. The Morgan fingerprint density at radius 2 is 1.79 bits per heavy atom. The molecule has 2 N–H and O–H groups in total. The third-order valence-electron chi connectivity index (χ3n) is 2.98. The molecule has 0 aliphatic carbocycles. The molecular weight excluding hydrogens is 240 g/mol. The zero-order valence-corrected chi connectivity index (χ0v) is 13.2. The van der Waals surface area contributed by atoms with E-state index in [0.717, 1.165) is 6.54 Å². The van der Waals surface area contributed by atoms with Crippen molar-refractivity contribution in [3.8, 4) is 0 Å². The zero-order valence-electron chi connectivity index (χ0n) is 13.2. The fourth-order valence-corrected chi connectivity index (χ4v) is 1.43. The molecule has 0 heterocycles. The lowest BCUT2D eigenvalue weighted by Crippen LogP contribution is -2.33. The van der Waals surface area contributed by atoms with Gasteiger partial charge in [0.05, 0.1) is 0 Å². The fourth-order valence-electron chi connectivity index (χ4n) is 1.43. The molecule has 4 heteroatoms. The summed E-state index contributed by atoms with van der Waals surface area (Å²) in [6, 6.07) is 0.508. The van der Waals surface area contributed by atoms with Gasteiger partial charge in [-0.25, -0.2) is 4.79 Å². The Bertz CT molecular complexity index is 282. The van der Waals surface area contributed by atoms with Crippen molar-refractivity contribution in [2.75, 3.05) is 13.1 Å². The van der Waals surface area contributed by atoms with Crippen LogP contribution in [-0.4, -0.2) is 30.8 Å². The highest BCUT2D eigenvalue weighted by molar-refractivity contribution is 5.67. The third kappa shape index (κ3) is 10.6. The van der Waals surface area contributed by atoms with Crippen LogP contribution < -0.4 is 10.6 Å². The van der Waals surface area contributed by atoms with Gasteiger partial charge in [-0.05, 0) is 33.6 Å². The monoisotopic (exact) mass is 270 g/mol. The maximum Gasteiger partial charge on any atom is 0.407 e. The first-order valence-corrected chi connectivity index (χ1v) is 7.11. The number of alkyl carbamates (subject to hydrolysis) is 1. The van der Waals surface area contributed by atoms with E-state index in [1.165, 1.54) is 6.42 Å². The number of hydrogen-bond donors (Lipinski definition) is 2. The van der Waals surface area contributed by atoms with Crippen molar-refractivity contribution in [3.05, 3.63) is 12.2 Å². The van der Waals surface area contributed by atoms with Gasteiger partial charge in [0.2, 0.25) is 0 Å². The number of carbonyl (C=O) groups is 1. The van der Waals surface area contributed by atoms with Crippen LogP contribution in [0.5, 0.6) is 0 Å². The second kappa shape index (κ2) is 8.97. The summed E-state index contributed by atoms with van der Waals surface area (Å²) in [6.45, 7) is 13.5. The molecule has 0 bridgehead atoms. The highest BCUT2D eigenvalue weighted by atomic mass is 16.6. The Morgan fingerprint density at radius 1 is 1.21 bits per heavy atom. The van der Waals surface area contributed by atoms with Crippen LogP contribution in [0.1, 0.15) is 48.0 Å². The van der Waals surface area contributed by atoms with E-state index in [4.69, 9.17) is 4.74 Å². The Labute approximate surface area is 118 Å². The molecule has 0 rings (SSSR count). The molecule has 1 amide bonds. The minimum absolute atomic E-state index is 0.377. The van der Waals surface area contributed by atoms with Crippen molar-refractivity contribution in [2.45, 2.75) is 59.6 Å². The van der Waals surface area contributed by atoms with Gasteiger partial charge in [-0.1, -0.05) is 32.4 Å². The molecule has 2 atom stereocenters. The summed E-state index contributed by atoms with van der Waals surface area (Å²) in [6.07, 6.45) is 4.76. The van der Waals surface area contributed by atoms with Crippen molar-refractivity contribution in [3.63, 3.8) is 0 Å². The van der Waals surface area contributed by atoms with E-state index >= 15 is 0 Å². The summed E-state index contributed by atoms with van der Waals surface area (Å²) in [5.41, 5.74) is -0.443. The molecule has 0 saturated carbocycles. The molecule has 0 aliphatic heterocycles. The molecule has 0 aromatic carbocycles. The largest absolute Gasteiger partial charge is 0.444 e. The van der Waals surface area contributed by atoms with E-state index in [-0.39, 0.29) is 6.09 Å². The van der Waals surface area contributed by atoms with Crippen molar-refractivity contribution in [2.24, 2.45) is 5.92 Å². The van der Waals surface area contributed by atoms with Crippen LogP contribution in [0.15, 0.2) is 12.2 Å². The van der Waals surface area contributed by atoms with Crippen LogP contribution in [0.3, 0.4) is 0 Å². The van der Waals surface area contributed by atoms with Gasteiger partial charge in [-0.15, -0.1) is 0 Å². The molecule has 0 fully saturated rings. The first-order valence-electron chi connectivity index (χ1n) is 7.11. The van der Waals surface area contributed by atoms with E-state index in [9.17, 15) is 4.79 Å². The molecule has 0 saturated heterocycles. The molecule has 0 spiro atoms. The Hall–Kier alpha value is -1.03. The summed E-state index contributed by atoms with van der Waals surface area (Å²) in [5.74, 6) is 0.674. The molecular formula is C15H30N2O2. The maximum absolute atomic E-state index is 11.3. The smallest absolute Gasteiger partial charge is 0.407 e. The average molecular weight is 270 g/mol. The Kier molecular flexibility index (Phi) is 8.48. The minimum atomic E-state index is -0.443.